The molecule has 6 heteroatoms. The summed E-state index contributed by atoms with van der Waals surface area (Å²) in [5.41, 5.74) is 1.83. The number of hydrogen-bond donors (Lipinski definition) is 1. The number of fused-ring (bicyclic) bond motifs is 1. The Morgan fingerprint density at radius 2 is 2.08 bits per heavy atom. The number of thiazole rings is 1. The van der Waals surface area contributed by atoms with Crippen LogP contribution in [0.1, 0.15) is 23.9 Å². The van der Waals surface area contributed by atoms with Crippen LogP contribution >= 0.6 is 11.3 Å². The van der Waals surface area contributed by atoms with Crippen molar-refractivity contribution in [3.8, 4) is 5.75 Å². The predicted octanol–water partition coefficient (Wildman–Crippen LogP) is 4.08. The van der Waals surface area contributed by atoms with Crippen LogP contribution in [0.25, 0.3) is 10.2 Å². The highest BCUT2D eigenvalue weighted by Crippen LogP contribution is 2.36. The maximum atomic E-state index is 12.5. The highest BCUT2D eigenvalue weighted by atomic mass is 32.1. The number of rotatable bonds is 5. The molecule has 0 spiro atoms. The maximum Gasteiger partial charge on any atom is 0.238 e. The Hall–Kier alpha value is -2.44. The lowest BCUT2D eigenvalue weighted by Gasteiger charge is -2.22. The van der Waals surface area contributed by atoms with E-state index < -0.39 is 0 Å². The van der Waals surface area contributed by atoms with Gasteiger partial charge in [-0.05, 0) is 55.8 Å². The first kappa shape index (κ1) is 17.0. The van der Waals surface area contributed by atoms with Gasteiger partial charge in [-0.25, -0.2) is 4.98 Å². The van der Waals surface area contributed by atoms with Crippen LogP contribution < -0.4 is 10.1 Å². The van der Waals surface area contributed by atoms with Gasteiger partial charge in [-0.3, -0.25) is 9.69 Å². The number of likely N-dealkylation sites (tertiary alicyclic amines) is 1. The minimum atomic E-state index is 0.00294. The molecule has 0 bridgehead atoms. The van der Waals surface area contributed by atoms with Gasteiger partial charge in [-0.15, -0.1) is 11.3 Å². The van der Waals surface area contributed by atoms with Crippen LogP contribution in [0.4, 0.5) is 5.69 Å². The van der Waals surface area contributed by atoms with Gasteiger partial charge in [0.25, 0.3) is 0 Å². The van der Waals surface area contributed by atoms with E-state index in [0.717, 1.165) is 41.3 Å². The van der Waals surface area contributed by atoms with Gasteiger partial charge in [0, 0.05) is 5.69 Å². The number of aromatic nitrogens is 1. The number of carbonyl (C=O) groups is 1. The Kier molecular flexibility index (Phi) is 4.86. The average molecular weight is 367 g/mol. The topological polar surface area (TPSA) is 54.5 Å². The molecule has 1 fully saturated rings. The summed E-state index contributed by atoms with van der Waals surface area (Å²) < 4.78 is 6.35. The zero-order chi connectivity index (χ0) is 17.9. The van der Waals surface area contributed by atoms with Crippen LogP contribution in [-0.4, -0.2) is 36.0 Å². The third-order valence-corrected chi connectivity index (χ3v) is 5.82. The van der Waals surface area contributed by atoms with E-state index in [9.17, 15) is 4.79 Å². The third-order valence-electron chi connectivity index (χ3n) is 4.68. The molecule has 2 aromatic carbocycles. The van der Waals surface area contributed by atoms with E-state index >= 15 is 0 Å². The van der Waals surface area contributed by atoms with E-state index in [1.54, 1.807) is 18.4 Å². The summed E-state index contributed by atoms with van der Waals surface area (Å²) in [6.07, 6.45) is 2.14. The van der Waals surface area contributed by atoms with E-state index in [2.05, 4.69) is 16.3 Å². The van der Waals surface area contributed by atoms with Crippen molar-refractivity contribution in [2.75, 3.05) is 25.5 Å². The molecule has 0 radical (unpaired) electrons. The Morgan fingerprint density at radius 3 is 2.85 bits per heavy atom. The molecule has 26 heavy (non-hydrogen) atoms. The van der Waals surface area contributed by atoms with Gasteiger partial charge in [0.15, 0.2) is 0 Å². The van der Waals surface area contributed by atoms with Crippen molar-refractivity contribution < 1.29 is 9.53 Å². The second-order valence-corrected chi connectivity index (χ2v) is 7.49. The number of hydrogen-bond acceptors (Lipinski definition) is 5. The van der Waals surface area contributed by atoms with Crippen LogP contribution in [0.3, 0.4) is 0 Å². The highest BCUT2D eigenvalue weighted by molar-refractivity contribution is 7.18. The van der Waals surface area contributed by atoms with Crippen molar-refractivity contribution in [1.29, 1.82) is 0 Å². The minimum absolute atomic E-state index is 0.00294. The summed E-state index contributed by atoms with van der Waals surface area (Å²) in [5.74, 6) is 0.779. The van der Waals surface area contributed by atoms with Crippen molar-refractivity contribution >= 4 is 33.1 Å². The van der Waals surface area contributed by atoms with E-state index in [4.69, 9.17) is 9.72 Å². The summed E-state index contributed by atoms with van der Waals surface area (Å²) >= 11 is 1.74. The zero-order valence-corrected chi connectivity index (χ0v) is 15.5. The Bertz CT molecular complexity index is 874. The lowest BCUT2D eigenvalue weighted by atomic mass is 10.2. The van der Waals surface area contributed by atoms with Crippen molar-refractivity contribution in [1.82, 2.24) is 9.88 Å². The summed E-state index contributed by atoms with van der Waals surface area (Å²) in [6.45, 7) is 1.31. The molecule has 0 aliphatic carbocycles. The summed E-state index contributed by atoms with van der Waals surface area (Å²) in [4.78, 5) is 19.5. The van der Waals surface area contributed by atoms with Crippen molar-refractivity contribution in [3.05, 3.63) is 53.5 Å². The van der Waals surface area contributed by atoms with Crippen LogP contribution in [0.2, 0.25) is 0 Å². The Labute approximate surface area is 156 Å². The molecule has 1 aliphatic heterocycles. The predicted molar refractivity (Wildman–Crippen MR) is 105 cm³/mol. The molecule has 1 aliphatic rings. The highest BCUT2D eigenvalue weighted by Gasteiger charge is 2.30. The minimum Gasteiger partial charge on any atom is -0.497 e. The number of para-hydroxylation sites is 1. The first-order valence-corrected chi connectivity index (χ1v) is 9.58. The number of carbonyl (C=O) groups excluding carboxylic acids is 1. The number of anilines is 1. The van der Waals surface area contributed by atoms with Crippen molar-refractivity contribution in [2.45, 2.75) is 18.9 Å². The maximum absolute atomic E-state index is 12.5. The first-order valence-electron chi connectivity index (χ1n) is 8.76. The molecular formula is C20H21N3O2S. The standard InChI is InChI=1S/C20H21N3O2S/c1-25-15-10-8-14(9-11-15)21-19(24)13-23-12-4-6-17(23)20-22-16-5-2-3-7-18(16)26-20/h2-3,5,7-11,17H,4,6,12-13H2,1H3,(H,21,24)/t17-/m1/s1. The van der Waals surface area contributed by atoms with Gasteiger partial charge >= 0.3 is 0 Å². The van der Waals surface area contributed by atoms with Crippen LogP contribution in [0.5, 0.6) is 5.75 Å². The fourth-order valence-electron chi connectivity index (χ4n) is 3.39. The van der Waals surface area contributed by atoms with E-state index in [1.807, 2.05) is 42.5 Å². The number of ether oxygens (including phenoxy) is 1. The molecule has 1 N–H and O–H groups in total. The molecule has 1 aromatic heterocycles. The van der Waals surface area contributed by atoms with Crippen molar-refractivity contribution in [2.24, 2.45) is 0 Å². The molecule has 5 nitrogen and oxygen atoms in total. The molecule has 134 valence electrons. The van der Waals surface area contributed by atoms with E-state index in [1.165, 1.54) is 4.70 Å². The van der Waals surface area contributed by atoms with Gasteiger partial charge in [-0.1, -0.05) is 12.1 Å². The van der Waals surface area contributed by atoms with E-state index in [-0.39, 0.29) is 11.9 Å². The van der Waals surface area contributed by atoms with Gasteiger partial charge in [-0.2, -0.15) is 0 Å². The second-order valence-electron chi connectivity index (χ2n) is 6.43. The largest absolute Gasteiger partial charge is 0.497 e. The third kappa shape index (κ3) is 3.57. The van der Waals surface area contributed by atoms with Crippen LogP contribution in [0.15, 0.2) is 48.5 Å². The summed E-state index contributed by atoms with van der Waals surface area (Å²) in [5, 5.41) is 4.08. The average Bonchev–Trinajstić information content (AvgIpc) is 3.28. The van der Waals surface area contributed by atoms with Gasteiger partial charge in [0.2, 0.25) is 5.91 Å². The number of amides is 1. The van der Waals surface area contributed by atoms with Gasteiger partial charge in [0.05, 0.1) is 29.9 Å². The number of nitrogens with zero attached hydrogens (tertiary/aromatic N) is 2. The smallest absolute Gasteiger partial charge is 0.238 e. The molecule has 3 aromatic rings. The van der Waals surface area contributed by atoms with Gasteiger partial charge < -0.3 is 10.1 Å². The van der Waals surface area contributed by atoms with Gasteiger partial charge in [0.1, 0.15) is 10.8 Å². The quantitative estimate of drug-likeness (QED) is 0.738. The SMILES string of the molecule is COc1ccc(NC(=O)CN2CCC[C@@H]2c2nc3ccccc3s2)cc1. The molecule has 0 saturated carbocycles. The van der Waals surface area contributed by atoms with Crippen LogP contribution in [0, 0.1) is 0 Å². The molecule has 1 amide bonds. The van der Waals surface area contributed by atoms with Crippen molar-refractivity contribution in [3.63, 3.8) is 0 Å². The molecule has 1 saturated heterocycles. The summed E-state index contributed by atoms with van der Waals surface area (Å²) in [6, 6.07) is 15.8. The Morgan fingerprint density at radius 1 is 1.27 bits per heavy atom. The molecule has 4 rings (SSSR count). The first-order chi connectivity index (χ1) is 12.7. The molecular weight excluding hydrogens is 346 g/mol. The molecule has 2 heterocycles. The zero-order valence-electron chi connectivity index (χ0n) is 14.6. The second kappa shape index (κ2) is 7.43. The fraction of sp³-hybridized carbons (Fsp3) is 0.300. The lowest BCUT2D eigenvalue weighted by molar-refractivity contribution is -0.117. The van der Waals surface area contributed by atoms with E-state index in [0.29, 0.717) is 6.54 Å². The monoisotopic (exact) mass is 367 g/mol. The molecule has 0 unspecified atom stereocenters. The summed E-state index contributed by atoms with van der Waals surface area (Å²) in [7, 11) is 1.63. The normalized spacial score (nSPS) is 17.5. The van der Waals surface area contributed by atoms with Crippen LogP contribution in [-0.2, 0) is 4.79 Å². The number of benzene rings is 2. The fourth-order valence-corrected chi connectivity index (χ4v) is 4.52. The number of nitrogens with one attached hydrogen (secondary N) is 1. The Balaban J connectivity index is 1.43. The molecule has 1 atom stereocenters. The lowest BCUT2D eigenvalue weighted by Crippen LogP contribution is -2.32. The number of methoxy groups -OCH3 is 1.